The van der Waals surface area contributed by atoms with Gasteiger partial charge in [-0.2, -0.15) is 0 Å². The van der Waals surface area contributed by atoms with E-state index in [0.29, 0.717) is 43.3 Å². The van der Waals surface area contributed by atoms with Crippen LogP contribution in [0.5, 0.6) is 5.75 Å². The smallest absolute Gasteiger partial charge is 0.407 e. The molecule has 35 heavy (non-hydrogen) atoms. The number of piperidine rings is 1. The number of likely N-dealkylation sites (tertiary alicyclic amines) is 1. The van der Waals surface area contributed by atoms with Gasteiger partial charge in [-0.1, -0.05) is 12.1 Å². The van der Waals surface area contributed by atoms with E-state index in [0.717, 1.165) is 18.4 Å². The van der Waals surface area contributed by atoms with Crippen molar-refractivity contribution in [2.75, 3.05) is 33.4 Å². The molecule has 10 nitrogen and oxygen atoms in total. The Balaban J connectivity index is 1.72. The van der Waals surface area contributed by atoms with Gasteiger partial charge in [0.25, 0.3) is 0 Å². The van der Waals surface area contributed by atoms with Crippen LogP contribution in [0.3, 0.4) is 0 Å². The molecule has 1 aromatic rings. The zero-order valence-electron chi connectivity index (χ0n) is 21.1. The first-order valence-corrected chi connectivity index (χ1v) is 11.9. The lowest BCUT2D eigenvalue weighted by atomic mass is 9.94. The Hall–Kier alpha value is -3.27. The van der Waals surface area contributed by atoms with Crippen LogP contribution in [0.2, 0.25) is 0 Å². The van der Waals surface area contributed by atoms with Crippen molar-refractivity contribution < 1.29 is 28.6 Å². The van der Waals surface area contributed by atoms with Crippen LogP contribution < -0.4 is 20.7 Å². The number of ether oxygens (including phenoxy) is 3. The highest BCUT2D eigenvalue weighted by Crippen LogP contribution is 2.29. The summed E-state index contributed by atoms with van der Waals surface area (Å²) in [5, 5.41) is 8.56. The normalized spacial score (nSPS) is 19.5. The standard InChI is InChI=1S/C25H36N4O6/c1-6-34-18-9-7-16(8-10-18)21-20(22(30)33-5)19(27-23(31)28-21)15-29-13-11-17(12-14-29)26-24(32)35-25(2,3)4/h7-10,17,21H,6,11-15H2,1-5H3,(H,26,32)(H2,27,28,31). The SMILES string of the molecule is CCOc1ccc(C2NC(=O)NC(CN3CCC(NC(=O)OC(C)(C)C)CC3)=C2C(=O)OC)cc1. The first-order chi connectivity index (χ1) is 16.6. The average molecular weight is 489 g/mol. The minimum Gasteiger partial charge on any atom is -0.494 e. The van der Waals surface area contributed by atoms with Gasteiger partial charge >= 0.3 is 18.1 Å². The molecule has 1 fully saturated rings. The van der Waals surface area contributed by atoms with Gasteiger partial charge in [-0.3, -0.25) is 4.90 Å². The number of carbonyl (C=O) groups is 3. The summed E-state index contributed by atoms with van der Waals surface area (Å²) >= 11 is 0. The molecule has 2 heterocycles. The molecule has 3 amide bonds. The number of methoxy groups -OCH3 is 1. The summed E-state index contributed by atoms with van der Waals surface area (Å²) in [6, 6.07) is 6.26. The van der Waals surface area contributed by atoms with Crippen molar-refractivity contribution in [1.29, 1.82) is 0 Å². The molecule has 1 saturated heterocycles. The van der Waals surface area contributed by atoms with Crippen LogP contribution in [0.4, 0.5) is 9.59 Å². The monoisotopic (exact) mass is 488 g/mol. The van der Waals surface area contributed by atoms with E-state index >= 15 is 0 Å². The van der Waals surface area contributed by atoms with E-state index in [2.05, 4.69) is 20.9 Å². The van der Waals surface area contributed by atoms with Crippen molar-refractivity contribution in [3.63, 3.8) is 0 Å². The van der Waals surface area contributed by atoms with Crippen molar-refractivity contribution in [2.45, 2.75) is 58.2 Å². The van der Waals surface area contributed by atoms with Gasteiger partial charge in [0.15, 0.2) is 0 Å². The van der Waals surface area contributed by atoms with E-state index in [9.17, 15) is 14.4 Å². The van der Waals surface area contributed by atoms with Crippen molar-refractivity contribution in [2.24, 2.45) is 0 Å². The van der Waals surface area contributed by atoms with Crippen molar-refractivity contribution in [3.05, 3.63) is 41.1 Å². The molecule has 2 aliphatic heterocycles. The predicted octanol–water partition coefficient (Wildman–Crippen LogP) is 2.86. The van der Waals surface area contributed by atoms with E-state index in [1.165, 1.54) is 7.11 Å². The number of urea groups is 1. The van der Waals surface area contributed by atoms with Gasteiger partial charge in [-0.15, -0.1) is 0 Å². The van der Waals surface area contributed by atoms with Gasteiger partial charge in [-0.05, 0) is 58.2 Å². The Morgan fingerprint density at radius 1 is 1.14 bits per heavy atom. The van der Waals surface area contributed by atoms with Crippen molar-refractivity contribution >= 4 is 18.1 Å². The fraction of sp³-hybridized carbons (Fsp3) is 0.560. The van der Waals surface area contributed by atoms with E-state index in [1.54, 1.807) is 0 Å². The van der Waals surface area contributed by atoms with Gasteiger partial charge in [0.05, 0.1) is 25.3 Å². The van der Waals surface area contributed by atoms with Crippen LogP contribution in [0, 0.1) is 0 Å². The second kappa shape index (κ2) is 11.4. The fourth-order valence-electron chi connectivity index (χ4n) is 4.20. The second-order valence-corrected chi connectivity index (χ2v) is 9.61. The molecule has 0 spiro atoms. The van der Waals surface area contributed by atoms with Gasteiger partial charge in [0, 0.05) is 31.4 Å². The molecule has 0 saturated carbocycles. The van der Waals surface area contributed by atoms with Gasteiger partial charge in [0.1, 0.15) is 11.4 Å². The Labute approximate surface area is 206 Å². The van der Waals surface area contributed by atoms with E-state index in [1.807, 2.05) is 52.0 Å². The zero-order valence-corrected chi connectivity index (χ0v) is 21.1. The molecule has 192 valence electrons. The van der Waals surface area contributed by atoms with Crippen LogP contribution >= 0.6 is 0 Å². The first-order valence-electron chi connectivity index (χ1n) is 11.9. The summed E-state index contributed by atoms with van der Waals surface area (Å²) in [6.45, 7) is 9.70. The maximum absolute atomic E-state index is 12.8. The van der Waals surface area contributed by atoms with Crippen LogP contribution in [0.15, 0.2) is 35.5 Å². The number of hydrogen-bond acceptors (Lipinski definition) is 7. The summed E-state index contributed by atoms with van der Waals surface area (Å²) in [4.78, 5) is 39.5. The van der Waals surface area contributed by atoms with Gasteiger partial charge in [-0.25, -0.2) is 14.4 Å². The molecule has 0 aliphatic carbocycles. The topological polar surface area (TPSA) is 118 Å². The number of hydrogen-bond donors (Lipinski definition) is 3. The molecule has 2 aliphatic rings. The molecular formula is C25H36N4O6. The Kier molecular flexibility index (Phi) is 8.61. The molecule has 1 unspecified atom stereocenters. The highest BCUT2D eigenvalue weighted by Gasteiger charge is 2.34. The molecule has 3 N–H and O–H groups in total. The predicted molar refractivity (Wildman–Crippen MR) is 130 cm³/mol. The third kappa shape index (κ3) is 7.35. The van der Waals surface area contributed by atoms with E-state index < -0.39 is 23.7 Å². The number of carbonyl (C=O) groups excluding carboxylic acids is 3. The molecule has 0 radical (unpaired) electrons. The van der Waals surface area contributed by atoms with Gasteiger partial charge < -0.3 is 30.2 Å². The largest absolute Gasteiger partial charge is 0.494 e. The fourth-order valence-corrected chi connectivity index (χ4v) is 4.20. The lowest BCUT2D eigenvalue weighted by Gasteiger charge is -2.35. The molecule has 0 bridgehead atoms. The number of nitrogens with zero attached hydrogens (tertiary/aromatic N) is 1. The molecule has 0 aromatic heterocycles. The molecule has 1 aromatic carbocycles. The number of rotatable bonds is 7. The van der Waals surface area contributed by atoms with Crippen LogP contribution in [-0.4, -0.2) is 68.0 Å². The quantitative estimate of drug-likeness (QED) is 0.505. The maximum Gasteiger partial charge on any atom is 0.407 e. The average Bonchev–Trinajstić information content (AvgIpc) is 2.79. The lowest BCUT2D eigenvalue weighted by Crippen LogP contribution is -2.50. The Bertz CT molecular complexity index is 946. The molecule has 10 heteroatoms. The molecule has 3 rings (SSSR count). The Morgan fingerprint density at radius 3 is 2.37 bits per heavy atom. The lowest BCUT2D eigenvalue weighted by molar-refractivity contribution is -0.136. The summed E-state index contributed by atoms with van der Waals surface area (Å²) in [7, 11) is 1.33. The van der Waals surface area contributed by atoms with E-state index in [4.69, 9.17) is 14.2 Å². The van der Waals surface area contributed by atoms with Crippen molar-refractivity contribution in [1.82, 2.24) is 20.9 Å². The molecular weight excluding hydrogens is 452 g/mol. The first kappa shape index (κ1) is 26.3. The highest BCUT2D eigenvalue weighted by atomic mass is 16.6. The third-order valence-corrected chi connectivity index (χ3v) is 5.77. The van der Waals surface area contributed by atoms with Gasteiger partial charge in [0.2, 0.25) is 0 Å². The number of alkyl carbamates (subject to hydrolysis) is 1. The summed E-state index contributed by atoms with van der Waals surface area (Å²) in [5.41, 5.74) is 1.08. The number of benzene rings is 1. The summed E-state index contributed by atoms with van der Waals surface area (Å²) in [6.07, 6.45) is 1.04. The van der Waals surface area contributed by atoms with E-state index in [-0.39, 0.29) is 12.1 Å². The summed E-state index contributed by atoms with van der Waals surface area (Å²) in [5.74, 6) is 0.205. The maximum atomic E-state index is 12.8. The molecule has 1 atom stereocenters. The minimum absolute atomic E-state index is 0.00868. The zero-order chi connectivity index (χ0) is 25.6. The van der Waals surface area contributed by atoms with Crippen LogP contribution in [0.25, 0.3) is 0 Å². The highest BCUT2D eigenvalue weighted by molar-refractivity contribution is 5.95. The number of amides is 3. The van der Waals surface area contributed by atoms with Crippen molar-refractivity contribution in [3.8, 4) is 5.75 Å². The number of nitrogens with one attached hydrogen (secondary N) is 3. The minimum atomic E-state index is -0.645. The number of esters is 1. The third-order valence-electron chi connectivity index (χ3n) is 5.77. The Morgan fingerprint density at radius 2 is 1.80 bits per heavy atom. The second-order valence-electron chi connectivity index (χ2n) is 9.61. The summed E-state index contributed by atoms with van der Waals surface area (Å²) < 4.78 is 15.9. The van der Waals surface area contributed by atoms with Crippen LogP contribution in [0.1, 0.15) is 52.1 Å². The van der Waals surface area contributed by atoms with Crippen LogP contribution in [-0.2, 0) is 14.3 Å².